The first-order chi connectivity index (χ1) is 17.0. The minimum atomic E-state index is -4.49. The van der Waals surface area contributed by atoms with Crippen LogP contribution in [0.1, 0.15) is 32.3 Å². The summed E-state index contributed by atoms with van der Waals surface area (Å²) in [6.45, 7) is 4.63. The van der Waals surface area contributed by atoms with Crippen LogP contribution in [0.3, 0.4) is 0 Å². The number of benzene rings is 2. The zero-order valence-corrected chi connectivity index (χ0v) is 20.5. The van der Waals surface area contributed by atoms with Crippen molar-refractivity contribution in [3.8, 4) is 28.5 Å². The van der Waals surface area contributed by atoms with Crippen LogP contribution < -0.4 is 15.7 Å². The number of rotatable bonds is 9. The van der Waals surface area contributed by atoms with Crippen molar-refractivity contribution < 1.29 is 23.0 Å². The van der Waals surface area contributed by atoms with Crippen molar-refractivity contribution >= 4 is 11.6 Å². The highest BCUT2D eigenvalue weighted by Gasteiger charge is 2.67. The summed E-state index contributed by atoms with van der Waals surface area (Å²) in [5.41, 5.74) is -1.21. The second kappa shape index (κ2) is 10.2. The number of alkyl halides is 3. The molecule has 7 nitrogen and oxygen atoms in total. The third-order valence-electron chi connectivity index (χ3n) is 6.01. The van der Waals surface area contributed by atoms with Gasteiger partial charge in [0.1, 0.15) is 23.2 Å². The minimum absolute atomic E-state index is 0.0385. The van der Waals surface area contributed by atoms with Crippen LogP contribution in [0, 0.1) is 11.3 Å². The molecule has 1 fully saturated rings. The summed E-state index contributed by atoms with van der Waals surface area (Å²) in [6.07, 6.45) is -6.45. The van der Waals surface area contributed by atoms with Crippen molar-refractivity contribution in [2.24, 2.45) is 11.3 Å². The smallest absolute Gasteiger partial charge is 0.398 e. The molecule has 3 N–H and O–H groups in total. The van der Waals surface area contributed by atoms with E-state index in [9.17, 15) is 23.1 Å². The molecule has 1 aromatic heterocycles. The van der Waals surface area contributed by atoms with E-state index >= 15 is 0 Å². The summed E-state index contributed by atoms with van der Waals surface area (Å²) in [4.78, 5) is 23.2. The van der Waals surface area contributed by atoms with Gasteiger partial charge in [-0.25, -0.2) is 9.78 Å². The van der Waals surface area contributed by atoms with Crippen LogP contribution in [0.15, 0.2) is 47.3 Å². The lowest BCUT2D eigenvalue weighted by atomic mass is 10.0. The van der Waals surface area contributed by atoms with Crippen molar-refractivity contribution in [1.29, 1.82) is 0 Å². The molecule has 1 atom stereocenters. The van der Waals surface area contributed by atoms with Gasteiger partial charge >= 0.3 is 11.9 Å². The van der Waals surface area contributed by atoms with Gasteiger partial charge < -0.3 is 9.84 Å². The molecule has 0 aliphatic heterocycles. The Kier molecular flexibility index (Phi) is 7.40. The molecule has 1 aliphatic rings. The quantitative estimate of drug-likeness (QED) is 0.344. The Morgan fingerprint density at radius 1 is 1.17 bits per heavy atom. The fraction of sp³-hybridized carbons (Fsp3) is 0.400. The third kappa shape index (κ3) is 5.71. The van der Waals surface area contributed by atoms with Crippen LogP contribution in [0.25, 0.3) is 22.8 Å². The number of H-pyrrole nitrogens is 1. The molecule has 1 aliphatic carbocycles. The number of aliphatic hydroxyl groups excluding tert-OH is 1. The van der Waals surface area contributed by atoms with E-state index in [1.165, 1.54) is 0 Å². The largest absolute Gasteiger partial charge is 0.493 e. The minimum Gasteiger partial charge on any atom is -0.493 e. The van der Waals surface area contributed by atoms with E-state index in [1.54, 1.807) is 42.5 Å². The van der Waals surface area contributed by atoms with Crippen LogP contribution in [-0.4, -0.2) is 39.1 Å². The standard InChI is InChI=1S/C25H26ClF3N4O3/c1-14(2)13-36-17-6-4-16(5-7-17)20-31-21(33-23(35)32-20)18-11-15(3-8-19(18)26)12-30-22(34)24(9-10-24)25(27,28)29/h3-8,11,14,22,30,34H,9-10,12-13H2,1-2H3,(H,31,32,33,35). The molecule has 0 bridgehead atoms. The molecule has 1 saturated carbocycles. The van der Waals surface area contributed by atoms with E-state index < -0.39 is 23.5 Å². The Morgan fingerprint density at radius 2 is 1.86 bits per heavy atom. The Hall–Kier alpha value is -2.95. The highest BCUT2D eigenvalue weighted by molar-refractivity contribution is 6.33. The second-order valence-corrected chi connectivity index (χ2v) is 9.71. The number of aromatic amines is 1. The maximum atomic E-state index is 13.2. The van der Waals surface area contributed by atoms with Gasteiger partial charge in [-0.3, -0.25) is 10.3 Å². The molecular formula is C25H26ClF3N4O3. The van der Waals surface area contributed by atoms with E-state index in [4.69, 9.17) is 16.3 Å². The Morgan fingerprint density at radius 3 is 2.47 bits per heavy atom. The van der Waals surface area contributed by atoms with Gasteiger partial charge in [0, 0.05) is 17.7 Å². The van der Waals surface area contributed by atoms with Gasteiger partial charge in [0.15, 0.2) is 5.82 Å². The maximum absolute atomic E-state index is 13.2. The fourth-order valence-corrected chi connectivity index (χ4v) is 3.93. The summed E-state index contributed by atoms with van der Waals surface area (Å²) in [6, 6.07) is 11.8. The van der Waals surface area contributed by atoms with Gasteiger partial charge in [0.05, 0.1) is 11.6 Å². The molecule has 11 heteroatoms. The number of nitrogens with zero attached hydrogens (tertiary/aromatic N) is 2. The number of halogens is 4. The van der Waals surface area contributed by atoms with Gasteiger partial charge in [-0.15, -0.1) is 0 Å². The van der Waals surface area contributed by atoms with Gasteiger partial charge in [-0.1, -0.05) is 31.5 Å². The molecular weight excluding hydrogens is 497 g/mol. The monoisotopic (exact) mass is 522 g/mol. The summed E-state index contributed by atoms with van der Waals surface area (Å²) in [5.74, 6) is 1.40. The summed E-state index contributed by atoms with van der Waals surface area (Å²) >= 11 is 6.35. The van der Waals surface area contributed by atoms with Crippen molar-refractivity contribution in [2.75, 3.05) is 6.61 Å². The van der Waals surface area contributed by atoms with Crippen molar-refractivity contribution in [3.63, 3.8) is 0 Å². The average molecular weight is 523 g/mol. The van der Waals surface area contributed by atoms with Gasteiger partial charge in [0.25, 0.3) is 0 Å². The lowest BCUT2D eigenvalue weighted by Gasteiger charge is -2.25. The Bertz CT molecular complexity index is 1270. The highest BCUT2D eigenvalue weighted by Crippen LogP contribution is 2.59. The highest BCUT2D eigenvalue weighted by atomic mass is 35.5. The molecule has 2 aromatic carbocycles. The van der Waals surface area contributed by atoms with E-state index in [2.05, 4.69) is 20.3 Å². The fourth-order valence-electron chi connectivity index (χ4n) is 3.72. The second-order valence-electron chi connectivity index (χ2n) is 9.31. The van der Waals surface area contributed by atoms with Crippen molar-refractivity contribution in [2.45, 2.75) is 45.6 Å². The number of aliphatic hydroxyl groups is 1. The number of hydrogen-bond acceptors (Lipinski definition) is 6. The third-order valence-corrected chi connectivity index (χ3v) is 6.34. The summed E-state index contributed by atoms with van der Waals surface area (Å²) < 4.78 is 45.4. The first kappa shape index (κ1) is 26.1. The number of nitrogens with one attached hydrogen (secondary N) is 2. The van der Waals surface area contributed by atoms with E-state index in [0.717, 1.165) is 0 Å². The zero-order valence-electron chi connectivity index (χ0n) is 19.7. The first-order valence-electron chi connectivity index (χ1n) is 11.5. The van der Waals surface area contributed by atoms with Gasteiger partial charge in [-0.05, 0) is 60.7 Å². The maximum Gasteiger partial charge on any atom is 0.398 e. The van der Waals surface area contributed by atoms with Crippen LogP contribution in [0.4, 0.5) is 13.2 Å². The van der Waals surface area contributed by atoms with Crippen LogP contribution in [0.5, 0.6) is 5.75 Å². The molecule has 192 valence electrons. The zero-order chi connectivity index (χ0) is 26.1. The Labute approximate surface area is 210 Å². The predicted octanol–water partition coefficient (Wildman–Crippen LogP) is 4.94. The first-order valence-corrected chi connectivity index (χ1v) is 11.8. The summed E-state index contributed by atoms with van der Waals surface area (Å²) in [5, 5.41) is 13.0. The molecule has 1 heterocycles. The average Bonchev–Trinajstić information content (AvgIpc) is 3.64. The molecule has 0 amide bonds. The van der Waals surface area contributed by atoms with E-state index in [-0.39, 0.29) is 36.1 Å². The van der Waals surface area contributed by atoms with Crippen molar-refractivity contribution in [3.05, 3.63) is 63.5 Å². The predicted molar refractivity (Wildman–Crippen MR) is 129 cm³/mol. The lowest BCUT2D eigenvalue weighted by molar-refractivity contribution is -0.218. The van der Waals surface area contributed by atoms with Gasteiger partial charge in [0.2, 0.25) is 0 Å². The molecule has 0 saturated heterocycles. The van der Waals surface area contributed by atoms with E-state index in [0.29, 0.717) is 35.0 Å². The van der Waals surface area contributed by atoms with Crippen LogP contribution >= 0.6 is 11.6 Å². The number of hydrogen-bond donors (Lipinski definition) is 3. The topological polar surface area (TPSA) is 100 Å². The number of ether oxygens (including phenoxy) is 1. The molecule has 0 radical (unpaired) electrons. The van der Waals surface area contributed by atoms with Gasteiger partial charge in [-0.2, -0.15) is 18.2 Å². The van der Waals surface area contributed by atoms with Crippen molar-refractivity contribution in [1.82, 2.24) is 20.3 Å². The molecule has 4 rings (SSSR count). The van der Waals surface area contributed by atoms with Crippen LogP contribution in [-0.2, 0) is 6.54 Å². The summed E-state index contributed by atoms with van der Waals surface area (Å²) in [7, 11) is 0. The SMILES string of the molecule is CC(C)COc1ccc(-c2nc(-c3cc(CNC(O)C4(C(F)(F)F)CC4)ccc3Cl)[nH]c(=O)n2)cc1. The number of aromatic nitrogens is 3. The van der Waals surface area contributed by atoms with E-state index in [1.807, 2.05) is 13.8 Å². The van der Waals surface area contributed by atoms with Crippen LogP contribution in [0.2, 0.25) is 5.02 Å². The Balaban J connectivity index is 1.54. The molecule has 1 unspecified atom stereocenters. The molecule has 0 spiro atoms. The molecule has 3 aromatic rings. The molecule has 36 heavy (non-hydrogen) atoms. The normalized spacial score (nSPS) is 15.7. The lowest BCUT2D eigenvalue weighted by Crippen LogP contribution is -2.45.